The van der Waals surface area contributed by atoms with Gasteiger partial charge in [-0.05, 0) is 30.9 Å². The van der Waals surface area contributed by atoms with Gasteiger partial charge in [-0.25, -0.2) is 5.43 Å². The maximum absolute atomic E-state index is 4.76. The molecule has 0 bridgehead atoms. The fraction of sp³-hybridized carbons (Fsp3) is 0.438. The van der Waals surface area contributed by atoms with Gasteiger partial charge in [-0.2, -0.15) is 9.61 Å². The smallest absolute Gasteiger partial charge is 0.235 e. The van der Waals surface area contributed by atoms with E-state index in [2.05, 4.69) is 50.8 Å². The van der Waals surface area contributed by atoms with Gasteiger partial charge in [-0.15, -0.1) is 10.2 Å². The standard InChI is InChI=1S/C16H19BrN6S/c1-9(2)7-12-8-13(19-18-12)15-22-23-14(20-21-16(23)24-15)10-3-5-11(17)6-4-10/h3-6,9,12-13,18-19H,7-8H2,1-2H3. The summed E-state index contributed by atoms with van der Waals surface area (Å²) in [4.78, 5) is 0.831. The van der Waals surface area contributed by atoms with Crippen molar-refractivity contribution in [2.24, 2.45) is 5.92 Å². The van der Waals surface area contributed by atoms with Crippen LogP contribution in [0.15, 0.2) is 28.7 Å². The van der Waals surface area contributed by atoms with Crippen LogP contribution in [0, 0.1) is 5.92 Å². The van der Waals surface area contributed by atoms with Gasteiger partial charge in [-0.3, -0.25) is 5.43 Å². The summed E-state index contributed by atoms with van der Waals surface area (Å²) in [5.74, 6) is 1.47. The molecule has 3 heterocycles. The van der Waals surface area contributed by atoms with E-state index in [0.29, 0.717) is 12.0 Å². The van der Waals surface area contributed by atoms with E-state index in [1.165, 1.54) is 0 Å². The second kappa shape index (κ2) is 6.51. The van der Waals surface area contributed by atoms with Gasteiger partial charge in [0.2, 0.25) is 4.96 Å². The van der Waals surface area contributed by atoms with Crippen LogP contribution in [0.5, 0.6) is 0 Å². The first-order valence-electron chi connectivity index (χ1n) is 8.09. The number of fused-ring (bicyclic) bond motifs is 1. The maximum Gasteiger partial charge on any atom is 0.235 e. The highest BCUT2D eigenvalue weighted by Gasteiger charge is 2.28. The lowest BCUT2D eigenvalue weighted by atomic mass is 10.0. The number of nitrogens with zero attached hydrogens (tertiary/aromatic N) is 4. The summed E-state index contributed by atoms with van der Waals surface area (Å²) < 4.78 is 2.89. The van der Waals surface area contributed by atoms with E-state index >= 15 is 0 Å². The van der Waals surface area contributed by atoms with Gasteiger partial charge in [0.1, 0.15) is 5.01 Å². The molecule has 126 valence electrons. The molecule has 1 saturated heterocycles. The summed E-state index contributed by atoms with van der Waals surface area (Å²) in [7, 11) is 0. The minimum Gasteiger partial charge on any atom is -0.254 e. The number of hydrogen-bond acceptors (Lipinski definition) is 6. The average Bonchev–Trinajstić information content (AvgIpc) is 3.22. The SMILES string of the molecule is CC(C)CC1CC(c2nn3c(-c4ccc(Br)cc4)nnc3s2)NN1. The molecule has 0 amide bonds. The third-order valence-electron chi connectivity index (χ3n) is 4.14. The van der Waals surface area contributed by atoms with Gasteiger partial charge in [0.25, 0.3) is 0 Å². The van der Waals surface area contributed by atoms with Crippen LogP contribution in [0.25, 0.3) is 16.3 Å². The van der Waals surface area contributed by atoms with Gasteiger partial charge in [0, 0.05) is 16.1 Å². The molecule has 0 aliphatic carbocycles. The minimum absolute atomic E-state index is 0.234. The topological polar surface area (TPSA) is 67.1 Å². The molecule has 2 N–H and O–H groups in total. The summed E-state index contributed by atoms with van der Waals surface area (Å²) in [6.45, 7) is 4.51. The van der Waals surface area contributed by atoms with Crippen molar-refractivity contribution < 1.29 is 0 Å². The Kier molecular flexibility index (Phi) is 4.38. The molecule has 3 aromatic rings. The Bertz CT molecular complexity index is 840. The van der Waals surface area contributed by atoms with E-state index in [1.807, 2.05) is 28.8 Å². The van der Waals surface area contributed by atoms with Gasteiger partial charge in [0.05, 0.1) is 6.04 Å². The highest BCUT2D eigenvalue weighted by atomic mass is 79.9. The van der Waals surface area contributed by atoms with Gasteiger partial charge < -0.3 is 0 Å². The first-order chi connectivity index (χ1) is 11.6. The molecule has 24 heavy (non-hydrogen) atoms. The van der Waals surface area contributed by atoms with Crippen LogP contribution in [0.1, 0.15) is 37.7 Å². The van der Waals surface area contributed by atoms with Crippen molar-refractivity contribution in [3.63, 3.8) is 0 Å². The Labute approximate surface area is 152 Å². The number of hydrazine groups is 1. The van der Waals surface area contributed by atoms with Gasteiger partial charge >= 0.3 is 0 Å². The minimum atomic E-state index is 0.234. The van der Waals surface area contributed by atoms with Gasteiger partial charge in [-0.1, -0.05) is 53.2 Å². The first-order valence-corrected chi connectivity index (χ1v) is 9.70. The molecule has 8 heteroatoms. The molecule has 0 spiro atoms. The second-order valence-corrected chi connectivity index (χ2v) is 8.47. The zero-order chi connectivity index (χ0) is 16.7. The van der Waals surface area contributed by atoms with Crippen LogP contribution in [0.3, 0.4) is 0 Å². The van der Waals surface area contributed by atoms with Crippen LogP contribution < -0.4 is 10.9 Å². The Morgan fingerprint density at radius 3 is 2.79 bits per heavy atom. The maximum atomic E-state index is 4.76. The van der Waals surface area contributed by atoms with Crippen molar-refractivity contribution in [3.8, 4) is 11.4 Å². The van der Waals surface area contributed by atoms with Crippen LogP contribution in [0.2, 0.25) is 0 Å². The summed E-state index contributed by atoms with van der Waals surface area (Å²) >= 11 is 5.06. The van der Waals surface area contributed by atoms with E-state index in [-0.39, 0.29) is 6.04 Å². The predicted octanol–water partition coefficient (Wildman–Crippen LogP) is 3.57. The molecule has 4 rings (SSSR count). The highest BCUT2D eigenvalue weighted by molar-refractivity contribution is 9.10. The lowest BCUT2D eigenvalue weighted by molar-refractivity contribution is 0.446. The Morgan fingerprint density at radius 1 is 1.25 bits per heavy atom. The third kappa shape index (κ3) is 3.11. The molecule has 0 radical (unpaired) electrons. The molecule has 1 aliphatic rings. The first kappa shape index (κ1) is 16.1. The molecule has 2 unspecified atom stereocenters. The average molecular weight is 407 g/mol. The molecule has 1 aromatic carbocycles. The lowest BCUT2D eigenvalue weighted by Crippen LogP contribution is -2.31. The van der Waals surface area contributed by atoms with Crippen molar-refractivity contribution in [1.29, 1.82) is 0 Å². The number of aromatic nitrogens is 4. The molecule has 2 atom stereocenters. The molecule has 1 aliphatic heterocycles. The fourth-order valence-electron chi connectivity index (χ4n) is 3.06. The molecule has 2 aromatic heterocycles. The van der Waals surface area contributed by atoms with E-state index in [9.17, 15) is 0 Å². The third-order valence-corrected chi connectivity index (χ3v) is 5.69. The largest absolute Gasteiger partial charge is 0.254 e. The van der Waals surface area contributed by atoms with Crippen LogP contribution in [-0.2, 0) is 0 Å². The number of rotatable bonds is 4. The molecule has 1 fully saturated rings. The molecular formula is C16H19BrN6S. The predicted molar refractivity (Wildman–Crippen MR) is 98.7 cm³/mol. The quantitative estimate of drug-likeness (QED) is 0.692. The molecular weight excluding hydrogens is 388 g/mol. The number of benzene rings is 1. The normalized spacial score (nSPS) is 21.2. The number of halogens is 1. The zero-order valence-corrected chi connectivity index (χ0v) is 15.9. The number of hydrogen-bond donors (Lipinski definition) is 2. The number of nitrogens with one attached hydrogen (secondary N) is 2. The van der Waals surface area contributed by atoms with Crippen molar-refractivity contribution in [2.45, 2.75) is 38.8 Å². The van der Waals surface area contributed by atoms with Crippen LogP contribution in [0.4, 0.5) is 0 Å². The van der Waals surface area contributed by atoms with Crippen molar-refractivity contribution in [1.82, 2.24) is 30.7 Å². The van der Waals surface area contributed by atoms with E-state index in [1.54, 1.807) is 11.3 Å². The fourth-order valence-corrected chi connectivity index (χ4v) is 4.23. The molecule has 0 saturated carbocycles. The summed E-state index contributed by atoms with van der Waals surface area (Å²) in [6, 6.07) is 8.78. The summed E-state index contributed by atoms with van der Waals surface area (Å²) in [6.07, 6.45) is 2.22. The van der Waals surface area contributed by atoms with Gasteiger partial charge in [0.15, 0.2) is 5.82 Å². The Hall–Kier alpha value is -1.35. The lowest BCUT2D eigenvalue weighted by Gasteiger charge is -2.10. The van der Waals surface area contributed by atoms with Crippen LogP contribution >= 0.6 is 27.3 Å². The second-order valence-electron chi connectivity index (χ2n) is 6.57. The van der Waals surface area contributed by atoms with E-state index in [4.69, 9.17) is 5.10 Å². The molecule has 6 nitrogen and oxygen atoms in total. The highest BCUT2D eigenvalue weighted by Crippen LogP contribution is 2.30. The summed E-state index contributed by atoms with van der Waals surface area (Å²) in [5.41, 5.74) is 7.78. The summed E-state index contributed by atoms with van der Waals surface area (Å²) in [5, 5.41) is 14.4. The zero-order valence-electron chi connectivity index (χ0n) is 13.5. The Balaban J connectivity index is 1.60. The Morgan fingerprint density at radius 2 is 2.04 bits per heavy atom. The van der Waals surface area contributed by atoms with Crippen molar-refractivity contribution in [2.75, 3.05) is 0 Å². The van der Waals surface area contributed by atoms with E-state index < -0.39 is 0 Å². The van der Waals surface area contributed by atoms with Crippen molar-refractivity contribution in [3.05, 3.63) is 33.7 Å². The van der Waals surface area contributed by atoms with Crippen molar-refractivity contribution >= 4 is 32.2 Å². The monoisotopic (exact) mass is 406 g/mol. The van der Waals surface area contributed by atoms with E-state index in [0.717, 1.165) is 38.7 Å². The van der Waals surface area contributed by atoms with Crippen LogP contribution in [-0.4, -0.2) is 25.9 Å².